The number of pyridine rings is 1. The number of nitrogens with one attached hydrogen (secondary N) is 1. The van der Waals surface area contributed by atoms with E-state index in [0.29, 0.717) is 11.5 Å². The molecule has 0 radical (unpaired) electrons. The van der Waals surface area contributed by atoms with E-state index in [0.717, 1.165) is 0 Å². The molecule has 7 heteroatoms. The minimum Gasteiger partial charge on any atom is -0.464 e. The third-order valence-electron chi connectivity index (χ3n) is 2.50. The lowest BCUT2D eigenvalue weighted by Gasteiger charge is -2.10. The Morgan fingerprint density at radius 2 is 2.21 bits per heavy atom. The number of furan rings is 1. The van der Waals surface area contributed by atoms with E-state index in [-0.39, 0.29) is 11.4 Å². The van der Waals surface area contributed by atoms with Gasteiger partial charge in [0.05, 0.1) is 0 Å². The molecule has 2 heterocycles. The van der Waals surface area contributed by atoms with Crippen molar-refractivity contribution in [2.75, 3.05) is 6.54 Å². The second kappa shape index (κ2) is 5.52. The lowest BCUT2D eigenvalue weighted by molar-refractivity contribution is 0.152. The summed E-state index contributed by atoms with van der Waals surface area (Å²) in [5.41, 5.74) is 0. The predicted molar refractivity (Wildman–Crippen MR) is 67.8 cm³/mol. The van der Waals surface area contributed by atoms with Crippen LogP contribution in [0.25, 0.3) is 0 Å². The van der Waals surface area contributed by atoms with E-state index in [2.05, 4.69) is 9.71 Å². The Labute approximate surface area is 111 Å². The molecule has 2 N–H and O–H groups in total. The lowest BCUT2D eigenvalue weighted by Crippen LogP contribution is -2.28. The first-order chi connectivity index (χ1) is 8.99. The number of aromatic nitrogens is 1. The van der Waals surface area contributed by atoms with Crippen LogP contribution in [0, 0.1) is 6.92 Å². The second-order valence-corrected chi connectivity index (χ2v) is 5.77. The van der Waals surface area contributed by atoms with Gasteiger partial charge in [0.1, 0.15) is 22.5 Å². The first-order valence-electron chi connectivity index (χ1n) is 5.63. The van der Waals surface area contributed by atoms with E-state index in [4.69, 9.17) is 4.42 Å². The zero-order chi connectivity index (χ0) is 13.9. The lowest BCUT2D eigenvalue weighted by atomic mass is 10.3. The summed E-state index contributed by atoms with van der Waals surface area (Å²) in [4.78, 5) is 3.79. The van der Waals surface area contributed by atoms with Crippen LogP contribution in [-0.4, -0.2) is 25.1 Å². The molecule has 1 atom stereocenters. The maximum atomic E-state index is 11.9. The predicted octanol–water partition coefficient (Wildman–Crippen LogP) is 0.995. The summed E-state index contributed by atoms with van der Waals surface area (Å²) in [6.07, 6.45) is 1.70. The van der Waals surface area contributed by atoms with Crippen molar-refractivity contribution in [1.82, 2.24) is 9.71 Å². The fourth-order valence-corrected chi connectivity index (χ4v) is 2.51. The summed E-state index contributed by atoms with van der Waals surface area (Å²) >= 11 is 0. The minimum absolute atomic E-state index is 0.0535. The third-order valence-corrected chi connectivity index (χ3v) is 3.91. The van der Waals surface area contributed by atoms with Crippen LogP contribution in [-0.2, 0) is 10.0 Å². The Kier molecular flexibility index (Phi) is 3.98. The Morgan fingerprint density at radius 1 is 1.42 bits per heavy atom. The topological polar surface area (TPSA) is 92.4 Å². The molecule has 0 saturated heterocycles. The summed E-state index contributed by atoms with van der Waals surface area (Å²) in [7, 11) is -3.67. The van der Waals surface area contributed by atoms with E-state index >= 15 is 0 Å². The average molecular weight is 282 g/mol. The van der Waals surface area contributed by atoms with Crippen molar-refractivity contribution in [1.29, 1.82) is 0 Å². The fraction of sp³-hybridized carbons (Fsp3) is 0.250. The zero-order valence-electron chi connectivity index (χ0n) is 10.3. The molecule has 2 aromatic heterocycles. The van der Waals surface area contributed by atoms with Gasteiger partial charge in [0.2, 0.25) is 10.0 Å². The molecule has 1 unspecified atom stereocenters. The van der Waals surface area contributed by atoms with Gasteiger partial charge in [0.25, 0.3) is 0 Å². The highest BCUT2D eigenvalue weighted by molar-refractivity contribution is 7.89. The SMILES string of the molecule is Cc1ccc(C(O)CNS(=O)(=O)c2cccnc2)o1. The van der Waals surface area contributed by atoms with Crippen LogP contribution in [0.5, 0.6) is 0 Å². The maximum absolute atomic E-state index is 11.9. The van der Waals surface area contributed by atoms with Gasteiger partial charge in [0, 0.05) is 18.9 Å². The Bertz CT molecular complexity index is 637. The Morgan fingerprint density at radius 3 is 2.79 bits per heavy atom. The van der Waals surface area contributed by atoms with Crippen molar-refractivity contribution < 1.29 is 17.9 Å². The van der Waals surface area contributed by atoms with E-state index in [1.807, 2.05) is 0 Å². The molecule has 0 saturated carbocycles. The molecular weight excluding hydrogens is 268 g/mol. The molecule has 0 aliphatic heterocycles. The molecule has 0 amide bonds. The van der Waals surface area contributed by atoms with Gasteiger partial charge in [-0.05, 0) is 31.2 Å². The molecule has 19 heavy (non-hydrogen) atoms. The highest BCUT2D eigenvalue weighted by Gasteiger charge is 2.18. The first-order valence-corrected chi connectivity index (χ1v) is 7.11. The van der Waals surface area contributed by atoms with Crippen LogP contribution in [0.3, 0.4) is 0 Å². The largest absolute Gasteiger partial charge is 0.464 e. The Hall–Kier alpha value is -1.70. The monoisotopic (exact) mass is 282 g/mol. The van der Waals surface area contributed by atoms with Crippen LogP contribution in [0.15, 0.2) is 46.0 Å². The van der Waals surface area contributed by atoms with Crippen LogP contribution in [0.1, 0.15) is 17.6 Å². The van der Waals surface area contributed by atoms with Crippen molar-refractivity contribution >= 4 is 10.0 Å². The van der Waals surface area contributed by atoms with Gasteiger partial charge in [0.15, 0.2) is 0 Å². The zero-order valence-corrected chi connectivity index (χ0v) is 11.1. The van der Waals surface area contributed by atoms with Crippen molar-refractivity contribution in [3.05, 3.63) is 48.2 Å². The summed E-state index contributed by atoms with van der Waals surface area (Å²) < 4.78 is 31.3. The minimum atomic E-state index is -3.67. The second-order valence-electron chi connectivity index (χ2n) is 4.00. The van der Waals surface area contributed by atoms with E-state index in [1.165, 1.54) is 24.5 Å². The van der Waals surface area contributed by atoms with Gasteiger partial charge in [-0.1, -0.05) is 0 Å². The van der Waals surface area contributed by atoms with Crippen LogP contribution in [0.2, 0.25) is 0 Å². The molecule has 0 bridgehead atoms. The summed E-state index contributed by atoms with van der Waals surface area (Å²) in [6.45, 7) is 1.58. The fourth-order valence-electron chi connectivity index (χ4n) is 1.51. The average Bonchev–Trinajstić information content (AvgIpc) is 2.84. The Balaban J connectivity index is 2.02. The van der Waals surface area contributed by atoms with E-state index in [1.54, 1.807) is 19.1 Å². The van der Waals surface area contributed by atoms with Crippen molar-refractivity contribution in [2.24, 2.45) is 0 Å². The molecule has 2 aromatic rings. The van der Waals surface area contributed by atoms with Crippen LogP contribution < -0.4 is 4.72 Å². The van der Waals surface area contributed by atoms with Crippen LogP contribution >= 0.6 is 0 Å². The molecule has 0 aliphatic rings. The number of hydrogen-bond acceptors (Lipinski definition) is 5. The summed E-state index contributed by atoms with van der Waals surface area (Å²) in [6, 6.07) is 6.27. The van der Waals surface area contributed by atoms with Gasteiger partial charge in [-0.2, -0.15) is 0 Å². The highest BCUT2D eigenvalue weighted by atomic mass is 32.2. The molecule has 2 rings (SSSR count). The summed E-state index contributed by atoms with van der Waals surface area (Å²) in [5, 5.41) is 9.81. The third kappa shape index (κ3) is 3.40. The molecule has 0 spiro atoms. The number of nitrogens with zero attached hydrogens (tertiary/aromatic N) is 1. The van der Waals surface area contributed by atoms with Gasteiger partial charge >= 0.3 is 0 Å². The first kappa shape index (κ1) is 13.7. The maximum Gasteiger partial charge on any atom is 0.242 e. The number of aryl methyl sites for hydroxylation is 1. The quantitative estimate of drug-likeness (QED) is 0.853. The number of hydrogen-bond donors (Lipinski definition) is 2. The van der Waals surface area contributed by atoms with Crippen molar-refractivity contribution in [3.8, 4) is 0 Å². The summed E-state index contributed by atoms with van der Waals surface area (Å²) in [5.74, 6) is 0.982. The highest BCUT2D eigenvalue weighted by Crippen LogP contribution is 2.16. The molecular formula is C12H14N2O4S. The molecule has 0 fully saturated rings. The van der Waals surface area contributed by atoms with Crippen molar-refractivity contribution in [2.45, 2.75) is 17.9 Å². The van der Waals surface area contributed by atoms with Gasteiger partial charge in [-0.25, -0.2) is 13.1 Å². The molecule has 0 aromatic carbocycles. The number of aliphatic hydroxyl groups excluding tert-OH is 1. The van der Waals surface area contributed by atoms with E-state index < -0.39 is 16.1 Å². The normalized spacial score (nSPS) is 13.4. The molecule has 102 valence electrons. The molecule has 6 nitrogen and oxygen atoms in total. The smallest absolute Gasteiger partial charge is 0.242 e. The number of sulfonamides is 1. The number of aliphatic hydroxyl groups is 1. The molecule has 0 aliphatic carbocycles. The standard InChI is InChI=1S/C12H14N2O4S/c1-9-4-5-12(18-9)11(15)8-14-19(16,17)10-3-2-6-13-7-10/h2-7,11,14-15H,8H2,1H3. The van der Waals surface area contributed by atoms with Gasteiger partial charge in [-0.3, -0.25) is 4.98 Å². The number of rotatable bonds is 5. The van der Waals surface area contributed by atoms with Gasteiger partial charge < -0.3 is 9.52 Å². The van der Waals surface area contributed by atoms with Gasteiger partial charge in [-0.15, -0.1) is 0 Å². The van der Waals surface area contributed by atoms with Crippen LogP contribution in [0.4, 0.5) is 0 Å². The van der Waals surface area contributed by atoms with Crippen molar-refractivity contribution in [3.63, 3.8) is 0 Å². The van der Waals surface area contributed by atoms with E-state index in [9.17, 15) is 13.5 Å².